The van der Waals surface area contributed by atoms with E-state index < -0.39 is 24.0 Å². The van der Waals surface area contributed by atoms with Crippen molar-refractivity contribution in [3.63, 3.8) is 0 Å². The lowest BCUT2D eigenvalue weighted by atomic mass is 10.1. The van der Waals surface area contributed by atoms with Crippen LogP contribution in [0.5, 0.6) is 0 Å². The van der Waals surface area contributed by atoms with Gasteiger partial charge in [0.25, 0.3) is 0 Å². The molecular formula is C23H29N5O4. The number of benzene rings is 1. The number of amides is 2. The largest absolute Gasteiger partial charge is 0.464 e. The zero-order chi connectivity index (χ0) is 23.4. The minimum absolute atomic E-state index is 0.195. The molecule has 0 saturated heterocycles. The summed E-state index contributed by atoms with van der Waals surface area (Å²) in [6.07, 6.45) is 0.664. The molecule has 1 aromatic carbocycles. The topological polar surface area (TPSA) is 115 Å². The van der Waals surface area contributed by atoms with Gasteiger partial charge in [0.15, 0.2) is 5.65 Å². The van der Waals surface area contributed by atoms with Gasteiger partial charge in [-0.1, -0.05) is 12.1 Å². The average Bonchev–Trinajstić information content (AvgIpc) is 3.12. The first kappa shape index (κ1) is 23.2. The summed E-state index contributed by atoms with van der Waals surface area (Å²) in [6.45, 7) is 8.94. The summed E-state index contributed by atoms with van der Waals surface area (Å²) in [5.74, 6) is -1.22. The highest BCUT2D eigenvalue weighted by molar-refractivity contribution is 5.92. The van der Waals surface area contributed by atoms with Gasteiger partial charge in [0.05, 0.1) is 12.1 Å². The molecule has 170 valence electrons. The first-order valence-electron chi connectivity index (χ1n) is 10.7. The molecule has 2 aromatic heterocycles. The third-order valence-electron chi connectivity index (χ3n) is 5.39. The van der Waals surface area contributed by atoms with Crippen LogP contribution in [-0.2, 0) is 25.5 Å². The van der Waals surface area contributed by atoms with Gasteiger partial charge in [0, 0.05) is 23.2 Å². The van der Waals surface area contributed by atoms with Gasteiger partial charge < -0.3 is 15.4 Å². The Morgan fingerprint density at radius 3 is 2.53 bits per heavy atom. The van der Waals surface area contributed by atoms with E-state index in [4.69, 9.17) is 9.72 Å². The molecule has 2 N–H and O–H groups in total. The Morgan fingerprint density at radius 1 is 1.09 bits per heavy atom. The summed E-state index contributed by atoms with van der Waals surface area (Å²) >= 11 is 0. The number of aromatic nitrogens is 3. The van der Waals surface area contributed by atoms with Gasteiger partial charge in [0.2, 0.25) is 11.8 Å². The molecule has 0 aliphatic carbocycles. The van der Waals surface area contributed by atoms with Gasteiger partial charge in [0.1, 0.15) is 12.1 Å². The highest BCUT2D eigenvalue weighted by Gasteiger charge is 2.22. The molecule has 32 heavy (non-hydrogen) atoms. The SMILES string of the molecule is CCOC(=O)[C@@H](C)NC(=O)[C@@H](C)NC(=O)CCc1c(C)nc2c3ccccc3nn2c1C. The molecule has 2 amide bonds. The van der Waals surface area contributed by atoms with Crippen LogP contribution in [0.3, 0.4) is 0 Å². The average molecular weight is 440 g/mol. The minimum atomic E-state index is -0.783. The Morgan fingerprint density at radius 2 is 1.81 bits per heavy atom. The fraction of sp³-hybridized carbons (Fsp3) is 0.435. The van der Waals surface area contributed by atoms with Crippen LogP contribution in [-0.4, -0.2) is 51.1 Å². The molecule has 0 saturated carbocycles. The van der Waals surface area contributed by atoms with Crippen molar-refractivity contribution in [2.24, 2.45) is 0 Å². The van der Waals surface area contributed by atoms with E-state index in [0.717, 1.165) is 33.5 Å². The lowest BCUT2D eigenvalue weighted by molar-refractivity contribution is -0.147. The van der Waals surface area contributed by atoms with E-state index in [0.29, 0.717) is 6.42 Å². The van der Waals surface area contributed by atoms with Gasteiger partial charge in [-0.05, 0) is 58.7 Å². The zero-order valence-electron chi connectivity index (χ0n) is 19.1. The number of nitrogens with zero attached hydrogens (tertiary/aromatic N) is 3. The standard InChI is InChI=1S/C23H29N5O4/c1-6-32-23(31)15(4)26-22(30)14(3)24-20(29)12-11-17-13(2)25-21-18-9-7-8-10-19(18)27-28(21)16(17)5/h7-10,14-15H,6,11-12H2,1-5H3,(H,24,29)(H,26,30)/t14-,15-/m1/s1. The maximum Gasteiger partial charge on any atom is 0.328 e. The van der Waals surface area contributed by atoms with Crippen LogP contribution in [0.25, 0.3) is 16.6 Å². The second kappa shape index (κ2) is 9.76. The number of carbonyl (C=O) groups excluding carboxylic acids is 3. The number of hydrogen-bond acceptors (Lipinski definition) is 6. The number of carbonyl (C=O) groups is 3. The van der Waals surface area contributed by atoms with Gasteiger partial charge in [-0.15, -0.1) is 0 Å². The van der Waals surface area contributed by atoms with Gasteiger partial charge in [-0.3, -0.25) is 9.59 Å². The Labute approximate surface area is 186 Å². The molecule has 0 aliphatic rings. The molecule has 0 fully saturated rings. The van der Waals surface area contributed by atoms with Crippen molar-refractivity contribution in [1.29, 1.82) is 0 Å². The molecule has 0 unspecified atom stereocenters. The molecule has 3 rings (SSSR count). The Kier molecular flexibility index (Phi) is 7.07. The van der Waals surface area contributed by atoms with E-state index in [1.807, 2.05) is 42.6 Å². The monoisotopic (exact) mass is 439 g/mol. The van der Waals surface area contributed by atoms with Crippen molar-refractivity contribution in [2.45, 2.75) is 59.5 Å². The summed E-state index contributed by atoms with van der Waals surface area (Å²) in [5.41, 5.74) is 4.40. The van der Waals surface area contributed by atoms with Crippen LogP contribution < -0.4 is 10.6 Å². The van der Waals surface area contributed by atoms with Crippen molar-refractivity contribution in [2.75, 3.05) is 6.61 Å². The van der Waals surface area contributed by atoms with Crippen molar-refractivity contribution >= 4 is 34.3 Å². The molecule has 0 radical (unpaired) electrons. The molecule has 3 aromatic rings. The van der Waals surface area contributed by atoms with E-state index in [2.05, 4.69) is 15.7 Å². The van der Waals surface area contributed by atoms with E-state index in [-0.39, 0.29) is 18.9 Å². The second-order valence-corrected chi connectivity index (χ2v) is 7.79. The maximum atomic E-state index is 12.5. The Bertz CT molecular complexity index is 1170. The van der Waals surface area contributed by atoms with Crippen molar-refractivity contribution < 1.29 is 19.1 Å². The van der Waals surface area contributed by atoms with Crippen molar-refractivity contribution in [1.82, 2.24) is 25.2 Å². The maximum absolute atomic E-state index is 12.5. The first-order valence-corrected chi connectivity index (χ1v) is 10.7. The normalized spacial score (nSPS) is 13.0. The van der Waals surface area contributed by atoms with Gasteiger partial charge in [-0.2, -0.15) is 5.10 Å². The van der Waals surface area contributed by atoms with E-state index in [1.165, 1.54) is 6.92 Å². The molecule has 0 spiro atoms. The van der Waals surface area contributed by atoms with Gasteiger partial charge in [-0.25, -0.2) is 14.3 Å². The Hall–Kier alpha value is -3.49. The van der Waals surface area contributed by atoms with Crippen molar-refractivity contribution in [3.05, 3.63) is 41.2 Å². The minimum Gasteiger partial charge on any atom is -0.464 e. The number of fused-ring (bicyclic) bond motifs is 3. The predicted molar refractivity (Wildman–Crippen MR) is 120 cm³/mol. The molecule has 0 aliphatic heterocycles. The van der Waals surface area contributed by atoms with E-state index in [9.17, 15) is 14.4 Å². The van der Waals surface area contributed by atoms with Crippen LogP contribution >= 0.6 is 0 Å². The molecule has 2 atom stereocenters. The number of nitrogens with one attached hydrogen (secondary N) is 2. The zero-order valence-corrected chi connectivity index (χ0v) is 19.1. The fourth-order valence-corrected chi connectivity index (χ4v) is 3.62. The number of ether oxygens (including phenoxy) is 1. The summed E-state index contributed by atoms with van der Waals surface area (Å²) in [5, 5.41) is 10.8. The fourth-order valence-electron chi connectivity index (χ4n) is 3.62. The third-order valence-corrected chi connectivity index (χ3v) is 5.39. The third kappa shape index (κ3) is 4.87. The van der Waals surface area contributed by atoms with E-state index >= 15 is 0 Å². The van der Waals surface area contributed by atoms with Crippen molar-refractivity contribution in [3.8, 4) is 0 Å². The highest BCUT2D eigenvalue weighted by atomic mass is 16.5. The number of rotatable bonds is 8. The number of esters is 1. The van der Waals surface area contributed by atoms with Crippen LogP contribution in [0, 0.1) is 13.8 Å². The quantitative estimate of drug-likeness (QED) is 0.519. The summed E-state index contributed by atoms with van der Waals surface area (Å²) in [4.78, 5) is 41.1. The molecule has 2 heterocycles. The Balaban J connectivity index is 1.63. The molecule has 0 bridgehead atoms. The van der Waals surface area contributed by atoms with Crippen LogP contribution in [0.15, 0.2) is 24.3 Å². The number of aryl methyl sites for hydroxylation is 2. The number of hydrogen-bond donors (Lipinski definition) is 2. The summed E-state index contributed by atoms with van der Waals surface area (Å²) in [6, 6.07) is 6.27. The second-order valence-electron chi connectivity index (χ2n) is 7.79. The van der Waals surface area contributed by atoms with Crippen LogP contribution in [0.1, 0.15) is 44.1 Å². The predicted octanol–water partition coefficient (Wildman–Crippen LogP) is 2.00. The molecule has 9 heteroatoms. The first-order chi connectivity index (χ1) is 15.2. The molecular weight excluding hydrogens is 410 g/mol. The van der Waals surface area contributed by atoms with E-state index in [1.54, 1.807) is 13.8 Å². The van der Waals surface area contributed by atoms with Crippen LogP contribution in [0.2, 0.25) is 0 Å². The highest BCUT2D eigenvalue weighted by Crippen LogP contribution is 2.22. The summed E-state index contributed by atoms with van der Waals surface area (Å²) in [7, 11) is 0. The lowest BCUT2D eigenvalue weighted by Crippen LogP contribution is -2.49. The molecule has 9 nitrogen and oxygen atoms in total. The van der Waals surface area contributed by atoms with Gasteiger partial charge >= 0.3 is 5.97 Å². The van der Waals surface area contributed by atoms with Crippen LogP contribution in [0.4, 0.5) is 0 Å². The smallest absolute Gasteiger partial charge is 0.328 e. The summed E-state index contributed by atoms with van der Waals surface area (Å²) < 4.78 is 6.69. The lowest BCUT2D eigenvalue weighted by Gasteiger charge is -2.18.